The second-order valence-corrected chi connectivity index (χ2v) is 8.23. The van der Waals surface area contributed by atoms with Gasteiger partial charge >= 0.3 is 0 Å². The van der Waals surface area contributed by atoms with Crippen LogP contribution in [0.4, 0.5) is 11.4 Å². The molecule has 0 saturated carbocycles. The van der Waals surface area contributed by atoms with Crippen molar-refractivity contribution in [2.75, 3.05) is 30.0 Å². The van der Waals surface area contributed by atoms with Gasteiger partial charge in [-0.1, -0.05) is 29.3 Å². The van der Waals surface area contributed by atoms with Crippen molar-refractivity contribution in [3.8, 4) is 5.75 Å². The first kappa shape index (κ1) is 21.0. The molecule has 0 radical (unpaired) electrons. The van der Waals surface area contributed by atoms with Gasteiger partial charge in [0.25, 0.3) is 0 Å². The number of rotatable bonds is 6. The molecular formula is C22H22Cl2N2O4. The van der Waals surface area contributed by atoms with Gasteiger partial charge in [-0.2, -0.15) is 0 Å². The molecule has 2 saturated heterocycles. The number of hydrogen-bond donors (Lipinski definition) is 1. The van der Waals surface area contributed by atoms with Crippen LogP contribution in [0.2, 0.25) is 10.0 Å². The second kappa shape index (κ2) is 9.25. The standard InChI is InChI=1S/C22H22Cl2N2O4/c23-14-6-7-19(24)20(11-14)26-9-8-18(22(26)28)21(27)25-15-3-1-4-16(12-15)30-13-17-5-2-10-29-17/h1,3-4,6-7,11-12,17-18H,2,5,8-10,13H2,(H,25,27). The largest absolute Gasteiger partial charge is 0.491 e. The van der Waals surface area contributed by atoms with Crippen LogP contribution < -0.4 is 15.0 Å². The van der Waals surface area contributed by atoms with Crippen LogP contribution in [-0.4, -0.2) is 37.7 Å². The summed E-state index contributed by atoms with van der Waals surface area (Å²) in [4.78, 5) is 27.1. The summed E-state index contributed by atoms with van der Waals surface area (Å²) in [5.74, 6) is -0.774. The molecule has 2 amide bonds. The molecule has 1 N–H and O–H groups in total. The van der Waals surface area contributed by atoms with Crippen molar-refractivity contribution >= 4 is 46.4 Å². The number of benzene rings is 2. The van der Waals surface area contributed by atoms with Gasteiger partial charge in [0.2, 0.25) is 11.8 Å². The van der Waals surface area contributed by atoms with Crippen molar-refractivity contribution < 1.29 is 19.1 Å². The van der Waals surface area contributed by atoms with Gasteiger partial charge in [-0.3, -0.25) is 9.59 Å². The van der Waals surface area contributed by atoms with Crippen molar-refractivity contribution in [2.24, 2.45) is 5.92 Å². The van der Waals surface area contributed by atoms with E-state index < -0.39 is 5.92 Å². The molecule has 8 heteroatoms. The summed E-state index contributed by atoms with van der Waals surface area (Å²) in [5.41, 5.74) is 1.10. The fourth-order valence-corrected chi connectivity index (χ4v) is 4.10. The minimum Gasteiger partial charge on any atom is -0.491 e. The minimum absolute atomic E-state index is 0.114. The molecule has 0 bridgehead atoms. The molecule has 158 valence electrons. The maximum absolute atomic E-state index is 12.8. The van der Waals surface area contributed by atoms with E-state index in [0.717, 1.165) is 19.4 Å². The second-order valence-electron chi connectivity index (χ2n) is 7.39. The van der Waals surface area contributed by atoms with E-state index in [1.54, 1.807) is 36.4 Å². The highest BCUT2D eigenvalue weighted by Gasteiger charge is 2.38. The Morgan fingerprint density at radius 2 is 2.07 bits per heavy atom. The highest BCUT2D eigenvalue weighted by molar-refractivity contribution is 6.36. The average Bonchev–Trinajstić information content (AvgIpc) is 3.38. The van der Waals surface area contributed by atoms with E-state index in [1.165, 1.54) is 4.90 Å². The predicted octanol–water partition coefficient (Wildman–Crippen LogP) is 4.54. The first-order valence-corrected chi connectivity index (χ1v) is 10.7. The molecule has 6 nitrogen and oxygen atoms in total. The van der Waals surface area contributed by atoms with Gasteiger partial charge in [0.1, 0.15) is 18.3 Å². The van der Waals surface area contributed by atoms with Crippen LogP contribution in [0.15, 0.2) is 42.5 Å². The number of ether oxygens (including phenoxy) is 2. The Hall–Kier alpha value is -2.28. The predicted molar refractivity (Wildman–Crippen MR) is 116 cm³/mol. The Morgan fingerprint density at radius 3 is 2.87 bits per heavy atom. The summed E-state index contributed by atoms with van der Waals surface area (Å²) < 4.78 is 11.3. The molecule has 4 rings (SSSR count). The Kier molecular flexibility index (Phi) is 6.46. The van der Waals surface area contributed by atoms with E-state index in [2.05, 4.69) is 5.32 Å². The zero-order valence-corrected chi connectivity index (χ0v) is 17.8. The summed E-state index contributed by atoms with van der Waals surface area (Å²) in [6.07, 6.45) is 2.57. The fraction of sp³-hybridized carbons (Fsp3) is 0.364. The zero-order chi connectivity index (χ0) is 21.1. The summed E-state index contributed by atoms with van der Waals surface area (Å²) in [5, 5.41) is 3.73. The van der Waals surface area contributed by atoms with Gasteiger partial charge in [0.05, 0.1) is 16.8 Å². The highest BCUT2D eigenvalue weighted by Crippen LogP contribution is 2.34. The zero-order valence-electron chi connectivity index (χ0n) is 16.3. The Labute approximate surface area is 185 Å². The SMILES string of the molecule is O=C(Nc1cccc(OCC2CCCO2)c1)C1CCN(c2cc(Cl)ccc2Cl)C1=O. The third-order valence-corrected chi connectivity index (χ3v) is 5.84. The topological polar surface area (TPSA) is 67.9 Å². The summed E-state index contributed by atoms with van der Waals surface area (Å²) in [7, 11) is 0. The fourth-order valence-electron chi connectivity index (χ4n) is 3.71. The molecule has 0 aliphatic carbocycles. The molecule has 2 atom stereocenters. The summed E-state index contributed by atoms with van der Waals surface area (Å²) >= 11 is 12.3. The quantitative estimate of drug-likeness (QED) is 0.658. The first-order valence-electron chi connectivity index (χ1n) is 9.93. The lowest BCUT2D eigenvalue weighted by molar-refractivity contribution is -0.129. The monoisotopic (exact) mass is 448 g/mol. The van der Waals surface area contributed by atoms with E-state index in [1.807, 2.05) is 6.07 Å². The molecule has 30 heavy (non-hydrogen) atoms. The third-order valence-electron chi connectivity index (χ3n) is 5.28. The van der Waals surface area contributed by atoms with Crippen LogP contribution >= 0.6 is 23.2 Å². The van der Waals surface area contributed by atoms with Gasteiger partial charge in [0, 0.05) is 29.9 Å². The number of halogens is 2. The Balaban J connectivity index is 1.38. The van der Waals surface area contributed by atoms with Crippen LogP contribution in [0.3, 0.4) is 0 Å². The first-order chi connectivity index (χ1) is 14.5. The van der Waals surface area contributed by atoms with E-state index in [0.29, 0.717) is 46.7 Å². The van der Waals surface area contributed by atoms with Crippen molar-refractivity contribution in [1.82, 2.24) is 0 Å². The Morgan fingerprint density at radius 1 is 1.20 bits per heavy atom. The normalized spacial score (nSPS) is 21.1. The number of carbonyl (C=O) groups is 2. The molecule has 0 aromatic heterocycles. The molecule has 2 aromatic carbocycles. The lowest BCUT2D eigenvalue weighted by Gasteiger charge is -2.18. The average molecular weight is 449 g/mol. The molecule has 2 aliphatic heterocycles. The molecule has 2 fully saturated rings. The molecule has 2 aliphatic rings. The lowest BCUT2D eigenvalue weighted by Crippen LogP contribution is -2.33. The maximum atomic E-state index is 12.8. The van der Waals surface area contributed by atoms with Crippen molar-refractivity contribution in [2.45, 2.75) is 25.4 Å². The Bertz CT molecular complexity index is 946. The summed E-state index contributed by atoms with van der Waals surface area (Å²) in [6.45, 7) is 1.66. The number of anilines is 2. The van der Waals surface area contributed by atoms with Crippen molar-refractivity contribution in [3.63, 3.8) is 0 Å². The van der Waals surface area contributed by atoms with Crippen LogP contribution in [0.5, 0.6) is 5.75 Å². The van der Waals surface area contributed by atoms with Gasteiger partial charge in [-0.15, -0.1) is 0 Å². The van der Waals surface area contributed by atoms with Gasteiger partial charge < -0.3 is 19.7 Å². The molecular weight excluding hydrogens is 427 g/mol. The van der Waals surface area contributed by atoms with E-state index in [4.69, 9.17) is 32.7 Å². The van der Waals surface area contributed by atoms with Crippen LogP contribution in [0.1, 0.15) is 19.3 Å². The number of nitrogens with one attached hydrogen (secondary N) is 1. The van der Waals surface area contributed by atoms with E-state index in [-0.39, 0.29) is 17.9 Å². The molecule has 2 heterocycles. The number of amides is 2. The number of nitrogens with zero attached hydrogens (tertiary/aromatic N) is 1. The third kappa shape index (κ3) is 4.72. The smallest absolute Gasteiger partial charge is 0.239 e. The number of carbonyl (C=O) groups excluding carboxylic acids is 2. The molecule has 2 aromatic rings. The maximum Gasteiger partial charge on any atom is 0.239 e. The minimum atomic E-state index is -0.781. The van der Waals surface area contributed by atoms with Gasteiger partial charge in [0.15, 0.2) is 0 Å². The van der Waals surface area contributed by atoms with Crippen molar-refractivity contribution in [3.05, 3.63) is 52.5 Å². The summed E-state index contributed by atoms with van der Waals surface area (Å²) in [6, 6.07) is 12.1. The van der Waals surface area contributed by atoms with E-state index in [9.17, 15) is 9.59 Å². The van der Waals surface area contributed by atoms with Crippen LogP contribution in [0.25, 0.3) is 0 Å². The molecule has 2 unspecified atom stereocenters. The lowest BCUT2D eigenvalue weighted by atomic mass is 10.1. The highest BCUT2D eigenvalue weighted by atomic mass is 35.5. The van der Waals surface area contributed by atoms with Crippen LogP contribution in [-0.2, 0) is 14.3 Å². The van der Waals surface area contributed by atoms with Crippen molar-refractivity contribution in [1.29, 1.82) is 0 Å². The van der Waals surface area contributed by atoms with Gasteiger partial charge in [-0.25, -0.2) is 0 Å². The number of hydrogen-bond acceptors (Lipinski definition) is 4. The van der Waals surface area contributed by atoms with Crippen LogP contribution in [0, 0.1) is 5.92 Å². The van der Waals surface area contributed by atoms with Gasteiger partial charge in [-0.05, 0) is 49.6 Å². The molecule has 0 spiro atoms. The van der Waals surface area contributed by atoms with E-state index >= 15 is 0 Å².